The summed E-state index contributed by atoms with van der Waals surface area (Å²) in [5.74, 6) is -2.19. The maximum absolute atomic E-state index is 14.0. The molecule has 27 heavy (non-hydrogen) atoms. The monoisotopic (exact) mass is 382 g/mol. The summed E-state index contributed by atoms with van der Waals surface area (Å²) in [7, 11) is 0. The highest BCUT2D eigenvalue weighted by molar-refractivity contribution is 5.95. The first kappa shape index (κ1) is 20.9. The number of nitrogens with zero attached hydrogens (tertiary/aromatic N) is 1. The molecule has 0 aliphatic heterocycles. The van der Waals surface area contributed by atoms with E-state index < -0.39 is 29.4 Å². The summed E-state index contributed by atoms with van der Waals surface area (Å²) in [6.45, 7) is 2.05. The van der Waals surface area contributed by atoms with E-state index in [9.17, 15) is 22.4 Å². The number of hydrogen-bond donors (Lipinski definition) is 1. The van der Waals surface area contributed by atoms with E-state index in [-0.39, 0.29) is 5.56 Å². The molecule has 1 amide bonds. The number of amides is 1. The molecule has 0 aliphatic carbocycles. The van der Waals surface area contributed by atoms with Crippen LogP contribution in [0.25, 0.3) is 0 Å². The van der Waals surface area contributed by atoms with Crippen LogP contribution in [0.5, 0.6) is 0 Å². The molecular weight excluding hydrogens is 360 g/mol. The van der Waals surface area contributed by atoms with Crippen LogP contribution in [0.2, 0.25) is 0 Å². The normalized spacial score (nSPS) is 12.6. The average molecular weight is 382 g/mol. The Kier molecular flexibility index (Phi) is 7.33. The SMILES string of the molecule is CCCCCCC(C(=O)Nc1ccccn1)c1ccc(C(F)(F)F)c(F)c1. The van der Waals surface area contributed by atoms with Crippen LogP contribution in [0.4, 0.5) is 23.4 Å². The molecule has 0 spiro atoms. The minimum atomic E-state index is -4.77. The van der Waals surface area contributed by atoms with E-state index in [1.165, 1.54) is 12.3 Å². The van der Waals surface area contributed by atoms with Crippen LogP contribution in [0.15, 0.2) is 42.6 Å². The van der Waals surface area contributed by atoms with Crippen LogP contribution in [-0.2, 0) is 11.0 Å². The zero-order valence-electron chi connectivity index (χ0n) is 15.0. The number of anilines is 1. The van der Waals surface area contributed by atoms with Gasteiger partial charge in [0.05, 0.1) is 11.5 Å². The second kappa shape index (κ2) is 9.48. The standard InChI is InChI=1S/C20H22F4N2O/c1-2-3-4-5-8-15(19(27)26-18-9-6-7-12-25-18)14-10-11-16(17(21)13-14)20(22,23)24/h6-7,9-13,15H,2-5,8H2,1H3,(H,25,26,27). The maximum Gasteiger partial charge on any atom is 0.419 e. The van der Waals surface area contributed by atoms with E-state index in [0.29, 0.717) is 18.3 Å². The molecule has 2 rings (SSSR count). The summed E-state index contributed by atoms with van der Waals surface area (Å²) in [4.78, 5) is 16.7. The van der Waals surface area contributed by atoms with Gasteiger partial charge >= 0.3 is 6.18 Å². The Morgan fingerprint density at radius 1 is 1.15 bits per heavy atom. The largest absolute Gasteiger partial charge is 0.419 e. The third-order valence-corrected chi connectivity index (χ3v) is 4.28. The molecule has 3 nitrogen and oxygen atoms in total. The number of pyridine rings is 1. The maximum atomic E-state index is 14.0. The fourth-order valence-corrected chi connectivity index (χ4v) is 2.85. The zero-order chi connectivity index (χ0) is 19.9. The van der Waals surface area contributed by atoms with E-state index in [0.717, 1.165) is 31.7 Å². The Labute approximate surface area is 155 Å². The summed E-state index contributed by atoms with van der Waals surface area (Å²) in [5, 5.41) is 2.65. The van der Waals surface area contributed by atoms with Crippen molar-refractivity contribution in [1.82, 2.24) is 4.98 Å². The average Bonchev–Trinajstić information content (AvgIpc) is 2.61. The molecule has 0 fully saturated rings. The Morgan fingerprint density at radius 3 is 2.52 bits per heavy atom. The van der Waals surface area contributed by atoms with E-state index in [1.807, 2.05) is 0 Å². The minimum absolute atomic E-state index is 0.227. The number of rotatable bonds is 8. The number of nitrogens with one attached hydrogen (secondary N) is 1. The van der Waals surface area contributed by atoms with Gasteiger partial charge < -0.3 is 5.32 Å². The zero-order valence-corrected chi connectivity index (χ0v) is 15.0. The van der Waals surface area contributed by atoms with Gasteiger partial charge in [-0.2, -0.15) is 13.2 Å². The summed E-state index contributed by atoms with van der Waals surface area (Å²) < 4.78 is 52.3. The van der Waals surface area contributed by atoms with E-state index in [2.05, 4.69) is 17.2 Å². The van der Waals surface area contributed by atoms with Crippen LogP contribution in [0.1, 0.15) is 56.1 Å². The molecule has 0 saturated carbocycles. The van der Waals surface area contributed by atoms with Crippen LogP contribution < -0.4 is 5.32 Å². The number of halogens is 4. The Balaban J connectivity index is 2.23. The lowest BCUT2D eigenvalue weighted by Gasteiger charge is -2.18. The van der Waals surface area contributed by atoms with Crippen LogP contribution in [0, 0.1) is 5.82 Å². The molecule has 0 radical (unpaired) electrons. The highest BCUT2D eigenvalue weighted by atomic mass is 19.4. The summed E-state index contributed by atoms with van der Waals surface area (Å²) >= 11 is 0. The van der Waals surface area contributed by atoms with Crippen molar-refractivity contribution < 1.29 is 22.4 Å². The smallest absolute Gasteiger partial charge is 0.310 e. The second-order valence-corrected chi connectivity index (χ2v) is 6.34. The van der Waals surface area contributed by atoms with Crippen molar-refractivity contribution >= 4 is 11.7 Å². The van der Waals surface area contributed by atoms with Gasteiger partial charge in [0.15, 0.2) is 0 Å². The number of carbonyl (C=O) groups is 1. The quantitative estimate of drug-likeness (QED) is 0.454. The molecule has 1 aromatic heterocycles. The molecule has 2 aromatic rings. The number of unbranched alkanes of at least 4 members (excludes halogenated alkanes) is 3. The number of carbonyl (C=O) groups excluding carboxylic acids is 1. The molecule has 0 aliphatic rings. The predicted molar refractivity (Wildman–Crippen MR) is 95.8 cm³/mol. The first-order valence-electron chi connectivity index (χ1n) is 8.91. The molecule has 0 bridgehead atoms. The lowest BCUT2D eigenvalue weighted by Crippen LogP contribution is -2.22. The molecule has 0 saturated heterocycles. The van der Waals surface area contributed by atoms with Gasteiger partial charge in [0.25, 0.3) is 0 Å². The molecule has 1 aromatic carbocycles. The van der Waals surface area contributed by atoms with Crippen LogP contribution in [-0.4, -0.2) is 10.9 Å². The fourth-order valence-electron chi connectivity index (χ4n) is 2.85. The first-order valence-corrected chi connectivity index (χ1v) is 8.91. The molecular formula is C20H22F4N2O. The Morgan fingerprint density at radius 2 is 1.93 bits per heavy atom. The van der Waals surface area contributed by atoms with Gasteiger partial charge in [0.1, 0.15) is 11.6 Å². The van der Waals surface area contributed by atoms with Gasteiger partial charge in [-0.1, -0.05) is 44.7 Å². The van der Waals surface area contributed by atoms with Crippen molar-refractivity contribution in [2.75, 3.05) is 5.32 Å². The van der Waals surface area contributed by atoms with Gasteiger partial charge in [-0.15, -0.1) is 0 Å². The van der Waals surface area contributed by atoms with Gasteiger partial charge in [-0.3, -0.25) is 4.79 Å². The van der Waals surface area contributed by atoms with Crippen molar-refractivity contribution in [3.63, 3.8) is 0 Å². The lowest BCUT2D eigenvalue weighted by atomic mass is 9.91. The van der Waals surface area contributed by atoms with Crippen molar-refractivity contribution in [3.05, 3.63) is 59.5 Å². The number of hydrogen-bond acceptors (Lipinski definition) is 2. The highest BCUT2D eigenvalue weighted by Crippen LogP contribution is 2.34. The summed E-state index contributed by atoms with van der Waals surface area (Å²) in [6, 6.07) is 7.69. The second-order valence-electron chi connectivity index (χ2n) is 6.34. The molecule has 1 atom stereocenters. The number of benzene rings is 1. The van der Waals surface area contributed by atoms with E-state index in [1.54, 1.807) is 18.2 Å². The Hall–Kier alpha value is -2.44. The molecule has 1 heterocycles. The topological polar surface area (TPSA) is 42.0 Å². The summed E-state index contributed by atoms with van der Waals surface area (Å²) in [5.41, 5.74) is -1.11. The third kappa shape index (κ3) is 6.05. The Bertz CT molecular complexity index is 747. The van der Waals surface area contributed by atoms with Crippen molar-refractivity contribution in [3.8, 4) is 0 Å². The highest BCUT2D eigenvalue weighted by Gasteiger charge is 2.34. The fraction of sp³-hybridized carbons (Fsp3) is 0.400. The predicted octanol–water partition coefficient (Wildman–Crippen LogP) is 5.93. The summed E-state index contributed by atoms with van der Waals surface area (Å²) in [6.07, 6.45) is 0.794. The van der Waals surface area contributed by atoms with Crippen molar-refractivity contribution in [2.45, 2.75) is 51.1 Å². The van der Waals surface area contributed by atoms with E-state index >= 15 is 0 Å². The third-order valence-electron chi connectivity index (χ3n) is 4.28. The van der Waals surface area contributed by atoms with Gasteiger partial charge in [0, 0.05) is 6.20 Å². The number of alkyl halides is 3. The van der Waals surface area contributed by atoms with Gasteiger partial charge in [0.2, 0.25) is 5.91 Å². The van der Waals surface area contributed by atoms with Crippen LogP contribution >= 0.6 is 0 Å². The van der Waals surface area contributed by atoms with Gasteiger partial charge in [-0.05, 0) is 36.2 Å². The molecule has 146 valence electrons. The molecule has 1 N–H and O–H groups in total. The van der Waals surface area contributed by atoms with Crippen LogP contribution in [0.3, 0.4) is 0 Å². The minimum Gasteiger partial charge on any atom is -0.310 e. The first-order chi connectivity index (χ1) is 12.8. The van der Waals surface area contributed by atoms with Gasteiger partial charge in [-0.25, -0.2) is 9.37 Å². The molecule has 1 unspecified atom stereocenters. The number of aromatic nitrogens is 1. The molecule has 7 heteroatoms. The van der Waals surface area contributed by atoms with E-state index in [4.69, 9.17) is 0 Å². The van der Waals surface area contributed by atoms with Crippen molar-refractivity contribution in [1.29, 1.82) is 0 Å². The van der Waals surface area contributed by atoms with Crippen molar-refractivity contribution in [2.24, 2.45) is 0 Å². The lowest BCUT2D eigenvalue weighted by molar-refractivity contribution is -0.140.